The van der Waals surface area contributed by atoms with Crippen LogP contribution >= 0.6 is 0 Å². The molecule has 0 bridgehead atoms. The number of hydrogen-bond donors (Lipinski definition) is 2. The van der Waals surface area contributed by atoms with Crippen LogP contribution in [0.4, 0.5) is 11.4 Å². The Morgan fingerprint density at radius 2 is 1.45 bits per heavy atom. The third-order valence-electron chi connectivity index (χ3n) is 4.32. The summed E-state index contributed by atoms with van der Waals surface area (Å²) < 4.78 is 15.9. The van der Waals surface area contributed by atoms with Crippen molar-refractivity contribution in [3.63, 3.8) is 0 Å². The van der Waals surface area contributed by atoms with Crippen LogP contribution in [0.3, 0.4) is 0 Å². The van der Waals surface area contributed by atoms with Gasteiger partial charge in [-0.15, -0.1) is 0 Å². The molecule has 1 heterocycles. The second kappa shape index (κ2) is 9.45. The molecule has 0 aliphatic carbocycles. The van der Waals surface area contributed by atoms with Crippen molar-refractivity contribution in [2.24, 2.45) is 0 Å². The predicted octanol–water partition coefficient (Wildman–Crippen LogP) is 3.97. The lowest BCUT2D eigenvalue weighted by molar-refractivity contribution is 0.102. The summed E-state index contributed by atoms with van der Waals surface area (Å²) in [5.41, 5.74) is 3.17. The van der Waals surface area contributed by atoms with E-state index in [1.165, 1.54) is 21.3 Å². The zero-order valence-corrected chi connectivity index (χ0v) is 16.6. The molecule has 0 atom stereocenters. The van der Waals surface area contributed by atoms with E-state index in [1.54, 1.807) is 24.5 Å². The molecule has 0 aliphatic rings. The molecule has 0 unspecified atom stereocenters. The minimum atomic E-state index is -0.276. The summed E-state index contributed by atoms with van der Waals surface area (Å²) in [4.78, 5) is 16.7. The quantitative estimate of drug-likeness (QED) is 0.603. The van der Waals surface area contributed by atoms with Crippen molar-refractivity contribution in [1.82, 2.24) is 4.98 Å². The number of benzene rings is 2. The Labute approximate surface area is 169 Å². The van der Waals surface area contributed by atoms with Crippen LogP contribution in [-0.2, 0) is 6.54 Å². The molecule has 0 radical (unpaired) electrons. The van der Waals surface area contributed by atoms with Crippen LogP contribution in [0.5, 0.6) is 17.2 Å². The Balaban J connectivity index is 1.67. The number of methoxy groups -OCH3 is 3. The normalized spacial score (nSPS) is 10.2. The molecule has 2 aromatic carbocycles. The molecule has 0 saturated carbocycles. The van der Waals surface area contributed by atoms with Crippen molar-refractivity contribution < 1.29 is 19.0 Å². The van der Waals surface area contributed by atoms with Gasteiger partial charge in [-0.25, -0.2) is 0 Å². The van der Waals surface area contributed by atoms with Gasteiger partial charge in [0.2, 0.25) is 5.75 Å². The van der Waals surface area contributed by atoms with Gasteiger partial charge in [0, 0.05) is 35.9 Å². The van der Waals surface area contributed by atoms with Crippen LogP contribution in [-0.4, -0.2) is 32.2 Å². The molecule has 7 nitrogen and oxygen atoms in total. The zero-order valence-electron chi connectivity index (χ0n) is 16.6. The average molecular weight is 393 g/mol. The van der Waals surface area contributed by atoms with Crippen LogP contribution in [0.2, 0.25) is 0 Å². The van der Waals surface area contributed by atoms with Gasteiger partial charge in [-0.05, 0) is 54.1 Å². The molecular weight excluding hydrogens is 370 g/mol. The third-order valence-corrected chi connectivity index (χ3v) is 4.32. The SMILES string of the molecule is COc1cc(C(=O)Nc2ccc(NCc3ccncc3)cc2)cc(OC)c1OC. The summed E-state index contributed by atoms with van der Waals surface area (Å²) in [7, 11) is 4.54. The first kappa shape index (κ1) is 20.0. The van der Waals surface area contributed by atoms with E-state index in [1.807, 2.05) is 36.4 Å². The van der Waals surface area contributed by atoms with Crippen molar-refractivity contribution in [3.8, 4) is 17.2 Å². The number of aromatic nitrogens is 1. The second-order valence-electron chi connectivity index (χ2n) is 6.15. The largest absolute Gasteiger partial charge is 0.493 e. The van der Waals surface area contributed by atoms with Gasteiger partial charge in [0.25, 0.3) is 5.91 Å². The Kier molecular flexibility index (Phi) is 6.52. The summed E-state index contributed by atoms with van der Waals surface area (Å²) in [6, 6.07) is 14.6. The van der Waals surface area contributed by atoms with Crippen LogP contribution in [0.1, 0.15) is 15.9 Å². The maximum Gasteiger partial charge on any atom is 0.255 e. The highest BCUT2D eigenvalue weighted by Crippen LogP contribution is 2.38. The zero-order chi connectivity index (χ0) is 20.6. The molecular formula is C22H23N3O4. The number of amides is 1. The van der Waals surface area contributed by atoms with Crippen molar-refractivity contribution in [3.05, 3.63) is 72.1 Å². The van der Waals surface area contributed by atoms with E-state index in [-0.39, 0.29) is 5.91 Å². The van der Waals surface area contributed by atoms with E-state index in [4.69, 9.17) is 14.2 Å². The van der Waals surface area contributed by atoms with Crippen molar-refractivity contribution >= 4 is 17.3 Å². The molecule has 3 rings (SSSR count). The first-order valence-electron chi connectivity index (χ1n) is 8.98. The highest BCUT2D eigenvalue weighted by Gasteiger charge is 2.17. The topological polar surface area (TPSA) is 81.7 Å². The number of hydrogen-bond acceptors (Lipinski definition) is 6. The standard InChI is InChI=1S/C22H23N3O4/c1-27-19-12-16(13-20(28-2)21(19)29-3)22(26)25-18-6-4-17(5-7-18)24-14-15-8-10-23-11-9-15/h4-13,24H,14H2,1-3H3,(H,25,26). The number of pyridine rings is 1. The van der Waals surface area contributed by atoms with Gasteiger partial charge in [0.15, 0.2) is 11.5 Å². The number of nitrogens with zero attached hydrogens (tertiary/aromatic N) is 1. The Morgan fingerprint density at radius 3 is 2.00 bits per heavy atom. The fraction of sp³-hybridized carbons (Fsp3) is 0.182. The fourth-order valence-corrected chi connectivity index (χ4v) is 2.79. The van der Waals surface area contributed by atoms with Crippen LogP contribution < -0.4 is 24.8 Å². The van der Waals surface area contributed by atoms with Crippen LogP contribution in [0.25, 0.3) is 0 Å². The summed E-state index contributed by atoms with van der Waals surface area (Å²) in [6.07, 6.45) is 3.53. The first-order valence-corrected chi connectivity index (χ1v) is 8.98. The summed E-state index contributed by atoms with van der Waals surface area (Å²) >= 11 is 0. The molecule has 0 fully saturated rings. The monoisotopic (exact) mass is 393 g/mol. The predicted molar refractivity (Wildman–Crippen MR) is 112 cm³/mol. The van der Waals surface area contributed by atoms with Crippen LogP contribution in [0, 0.1) is 0 Å². The molecule has 0 saturated heterocycles. The van der Waals surface area contributed by atoms with Gasteiger partial charge < -0.3 is 24.8 Å². The molecule has 150 valence electrons. The molecule has 3 aromatic rings. The van der Waals surface area contributed by atoms with E-state index in [9.17, 15) is 4.79 Å². The van der Waals surface area contributed by atoms with Gasteiger partial charge in [-0.1, -0.05) is 0 Å². The second-order valence-corrected chi connectivity index (χ2v) is 6.15. The van der Waals surface area contributed by atoms with Crippen molar-refractivity contribution in [1.29, 1.82) is 0 Å². The van der Waals surface area contributed by atoms with Crippen molar-refractivity contribution in [2.45, 2.75) is 6.54 Å². The van der Waals surface area contributed by atoms with Gasteiger partial charge in [-0.2, -0.15) is 0 Å². The smallest absolute Gasteiger partial charge is 0.255 e. The lowest BCUT2D eigenvalue weighted by Crippen LogP contribution is -2.12. The minimum absolute atomic E-state index is 0.276. The maximum absolute atomic E-state index is 12.7. The van der Waals surface area contributed by atoms with Crippen molar-refractivity contribution in [2.75, 3.05) is 32.0 Å². The van der Waals surface area contributed by atoms with E-state index >= 15 is 0 Å². The highest BCUT2D eigenvalue weighted by molar-refractivity contribution is 6.05. The lowest BCUT2D eigenvalue weighted by Gasteiger charge is -2.14. The molecule has 29 heavy (non-hydrogen) atoms. The Bertz CT molecular complexity index is 935. The number of rotatable bonds is 8. The molecule has 1 amide bonds. The van der Waals surface area contributed by atoms with E-state index in [0.29, 0.717) is 35.0 Å². The number of ether oxygens (including phenoxy) is 3. The molecule has 0 aliphatic heterocycles. The average Bonchev–Trinajstić information content (AvgIpc) is 2.78. The fourth-order valence-electron chi connectivity index (χ4n) is 2.79. The van der Waals surface area contributed by atoms with Gasteiger partial charge in [-0.3, -0.25) is 9.78 Å². The van der Waals surface area contributed by atoms with E-state index < -0.39 is 0 Å². The number of carbonyl (C=O) groups excluding carboxylic acids is 1. The summed E-state index contributed by atoms with van der Waals surface area (Å²) in [6.45, 7) is 0.694. The molecule has 1 aromatic heterocycles. The molecule has 0 spiro atoms. The Morgan fingerprint density at radius 1 is 0.862 bits per heavy atom. The Hall–Kier alpha value is -3.74. The lowest BCUT2D eigenvalue weighted by atomic mass is 10.1. The maximum atomic E-state index is 12.7. The molecule has 2 N–H and O–H groups in total. The third kappa shape index (κ3) is 4.95. The van der Waals surface area contributed by atoms with Gasteiger partial charge >= 0.3 is 0 Å². The van der Waals surface area contributed by atoms with E-state index in [2.05, 4.69) is 15.6 Å². The number of anilines is 2. The number of carbonyl (C=O) groups is 1. The van der Waals surface area contributed by atoms with Crippen LogP contribution in [0.15, 0.2) is 60.9 Å². The highest BCUT2D eigenvalue weighted by atomic mass is 16.5. The van der Waals surface area contributed by atoms with Gasteiger partial charge in [0.05, 0.1) is 21.3 Å². The molecule has 7 heteroatoms. The van der Waals surface area contributed by atoms with Gasteiger partial charge in [0.1, 0.15) is 0 Å². The number of nitrogens with one attached hydrogen (secondary N) is 2. The minimum Gasteiger partial charge on any atom is -0.493 e. The first-order chi connectivity index (χ1) is 14.1. The van der Waals surface area contributed by atoms with E-state index in [0.717, 1.165) is 11.3 Å². The summed E-state index contributed by atoms with van der Waals surface area (Å²) in [5, 5.41) is 6.20. The summed E-state index contributed by atoms with van der Waals surface area (Å²) in [5.74, 6) is 1.01.